The van der Waals surface area contributed by atoms with Crippen molar-refractivity contribution in [2.24, 2.45) is 0 Å². The highest BCUT2D eigenvalue weighted by Crippen LogP contribution is 2.09. The summed E-state index contributed by atoms with van der Waals surface area (Å²) in [6.07, 6.45) is 2.54. The Balaban J connectivity index is 3.06. The van der Waals surface area contributed by atoms with Gasteiger partial charge >= 0.3 is 11.7 Å². The van der Waals surface area contributed by atoms with E-state index in [1.54, 1.807) is 0 Å². The third-order valence-corrected chi connectivity index (χ3v) is 1.43. The van der Waals surface area contributed by atoms with Crippen molar-refractivity contribution in [3.63, 3.8) is 0 Å². The minimum atomic E-state index is -1.23. The number of hydrogen-bond donors (Lipinski definition) is 2. The first-order chi connectivity index (χ1) is 5.65. The van der Waals surface area contributed by atoms with E-state index >= 15 is 0 Å². The van der Waals surface area contributed by atoms with Crippen molar-refractivity contribution in [1.29, 1.82) is 0 Å². The van der Waals surface area contributed by atoms with E-state index in [2.05, 4.69) is 4.79 Å². The van der Waals surface area contributed by atoms with Crippen LogP contribution in [-0.2, 0) is 4.79 Å². The smallest absolute Gasteiger partial charge is 0.334 e. The Kier molecular flexibility index (Phi) is 2.19. The van der Waals surface area contributed by atoms with E-state index < -0.39 is 12.1 Å². The number of carboxylic acids is 1. The summed E-state index contributed by atoms with van der Waals surface area (Å²) in [6, 6.07) is 0. The number of aliphatic hydroxyl groups excluding tert-OH is 1. The summed E-state index contributed by atoms with van der Waals surface area (Å²) in [6.45, 7) is 0. The summed E-state index contributed by atoms with van der Waals surface area (Å²) >= 11 is 0. The molecule has 1 aliphatic carbocycles. The molecule has 0 saturated heterocycles. The zero-order valence-corrected chi connectivity index (χ0v) is 6.01. The quantitative estimate of drug-likeness (QED) is 0.410. The Labute approximate surface area is 67.9 Å². The number of aliphatic hydroxyl groups is 1. The first-order valence-electron chi connectivity index (χ1n) is 3.18. The van der Waals surface area contributed by atoms with Crippen LogP contribution >= 0.6 is 0 Å². The van der Waals surface area contributed by atoms with E-state index in [1.807, 2.05) is 0 Å². The molecule has 2 N–H and O–H groups in total. The van der Waals surface area contributed by atoms with Gasteiger partial charge in [0.15, 0.2) is 0 Å². The molecule has 0 fully saturated rings. The van der Waals surface area contributed by atoms with E-state index in [-0.39, 0.29) is 11.3 Å². The molecular weight excluding hydrogens is 160 g/mol. The Bertz CT molecular complexity index is 324. The summed E-state index contributed by atoms with van der Waals surface area (Å²) in [5.41, 5.74) is 8.20. The van der Waals surface area contributed by atoms with Crippen molar-refractivity contribution in [3.8, 4) is 0 Å². The molecule has 0 spiro atoms. The highest BCUT2D eigenvalue weighted by atomic mass is 16.4. The highest BCUT2D eigenvalue weighted by Gasteiger charge is 2.21. The van der Waals surface area contributed by atoms with Gasteiger partial charge in [-0.3, -0.25) is 0 Å². The topological polar surface area (TPSA) is 93.9 Å². The Morgan fingerprint density at radius 1 is 1.67 bits per heavy atom. The van der Waals surface area contributed by atoms with Gasteiger partial charge in [-0.25, -0.2) is 4.79 Å². The minimum absolute atomic E-state index is 0.109. The fourth-order valence-corrected chi connectivity index (χ4v) is 0.837. The molecule has 62 valence electrons. The van der Waals surface area contributed by atoms with Crippen molar-refractivity contribution >= 4 is 11.7 Å². The third kappa shape index (κ3) is 1.47. The summed E-state index contributed by atoms with van der Waals surface area (Å²) in [5, 5.41) is 17.6. The molecule has 12 heavy (non-hydrogen) atoms. The van der Waals surface area contributed by atoms with Crippen molar-refractivity contribution in [3.05, 3.63) is 29.3 Å². The summed E-state index contributed by atoms with van der Waals surface area (Å²) in [5.74, 6) is -1.23. The third-order valence-electron chi connectivity index (χ3n) is 1.43. The van der Waals surface area contributed by atoms with Crippen LogP contribution in [-0.4, -0.2) is 32.8 Å². The first kappa shape index (κ1) is 8.39. The van der Waals surface area contributed by atoms with Crippen LogP contribution in [0.25, 0.3) is 5.53 Å². The molecular formula is C7H6N2O3. The van der Waals surface area contributed by atoms with Gasteiger partial charge in [0.25, 0.3) is 0 Å². The van der Waals surface area contributed by atoms with E-state index in [0.717, 1.165) is 6.08 Å². The highest BCUT2D eigenvalue weighted by molar-refractivity contribution is 6.07. The van der Waals surface area contributed by atoms with E-state index in [4.69, 9.17) is 15.7 Å². The second-order valence-corrected chi connectivity index (χ2v) is 2.23. The summed E-state index contributed by atoms with van der Waals surface area (Å²) < 4.78 is 0. The number of rotatable bonds is 1. The maximum absolute atomic E-state index is 10.4. The van der Waals surface area contributed by atoms with Crippen molar-refractivity contribution in [2.75, 3.05) is 0 Å². The Morgan fingerprint density at radius 2 is 2.33 bits per heavy atom. The van der Waals surface area contributed by atoms with Gasteiger partial charge in [-0.1, -0.05) is 0 Å². The molecule has 0 radical (unpaired) electrons. The number of hydrogen-bond acceptors (Lipinski definition) is 2. The maximum Gasteiger partial charge on any atom is 0.334 e. The zero-order valence-electron chi connectivity index (χ0n) is 6.01. The molecule has 5 heteroatoms. The van der Waals surface area contributed by atoms with Crippen LogP contribution in [0.1, 0.15) is 0 Å². The minimum Gasteiger partial charge on any atom is -0.478 e. The number of allylic oxidation sites excluding steroid dienone is 2. The van der Waals surface area contributed by atoms with Crippen LogP contribution in [0.5, 0.6) is 0 Å². The van der Waals surface area contributed by atoms with Gasteiger partial charge in [-0.15, -0.1) is 0 Å². The van der Waals surface area contributed by atoms with Gasteiger partial charge in [0, 0.05) is 12.2 Å². The second-order valence-electron chi connectivity index (χ2n) is 2.23. The number of nitrogens with zero attached hydrogens (tertiary/aromatic N) is 2. The van der Waals surface area contributed by atoms with Gasteiger partial charge in [-0.2, -0.15) is 4.79 Å². The molecule has 0 amide bonds. The lowest BCUT2D eigenvalue weighted by Gasteiger charge is -2.07. The molecule has 0 aromatic heterocycles. The molecule has 0 aromatic carbocycles. The molecule has 5 nitrogen and oxygen atoms in total. The standard InChI is InChI=1S/C7H6N2O3/c8-9-4-1-2-6(10)5(3-4)7(11)12/h1-3,6,10H,(H,11,12). The molecule has 1 atom stereocenters. The lowest BCUT2D eigenvalue weighted by molar-refractivity contribution is -0.133. The maximum atomic E-state index is 10.4. The monoisotopic (exact) mass is 166 g/mol. The molecule has 1 unspecified atom stereocenters. The van der Waals surface area contributed by atoms with Gasteiger partial charge < -0.3 is 15.7 Å². The Morgan fingerprint density at radius 3 is 2.83 bits per heavy atom. The van der Waals surface area contributed by atoms with E-state index in [1.165, 1.54) is 12.2 Å². The lowest BCUT2D eigenvalue weighted by atomic mass is 10.0. The van der Waals surface area contributed by atoms with Crippen molar-refractivity contribution in [2.45, 2.75) is 6.10 Å². The van der Waals surface area contributed by atoms with Crippen LogP contribution in [0.3, 0.4) is 0 Å². The number of carbonyl (C=O) groups is 1. The fourth-order valence-electron chi connectivity index (χ4n) is 0.837. The van der Waals surface area contributed by atoms with Gasteiger partial charge in [0.2, 0.25) is 0 Å². The SMILES string of the molecule is [N-]=[N+]=C1C=CC(O)C(C(=O)O)=C1. The predicted octanol–water partition coefficient (Wildman–Crippen LogP) is -0.401. The lowest BCUT2D eigenvalue weighted by Crippen LogP contribution is -2.20. The Hall–Kier alpha value is -1.71. The normalized spacial score (nSPS) is 21.6. The fraction of sp³-hybridized carbons (Fsp3) is 0.143. The van der Waals surface area contributed by atoms with Crippen LogP contribution in [0.15, 0.2) is 23.8 Å². The van der Waals surface area contributed by atoms with E-state index in [9.17, 15) is 4.79 Å². The summed E-state index contributed by atoms with van der Waals surface area (Å²) in [4.78, 5) is 13.2. The van der Waals surface area contributed by atoms with Crippen LogP contribution in [0.2, 0.25) is 0 Å². The number of aliphatic carboxylic acids is 1. The molecule has 0 saturated carbocycles. The van der Waals surface area contributed by atoms with Gasteiger partial charge in [0.1, 0.15) is 6.10 Å². The molecule has 0 bridgehead atoms. The molecule has 0 aliphatic heterocycles. The predicted molar refractivity (Wildman–Crippen MR) is 39.5 cm³/mol. The number of carboxylic acid groups (broad SMARTS) is 1. The average Bonchev–Trinajstić information content (AvgIpc) is 2.05. The van der Waals surface area contributed by atoms with Crippen LogP contribution in [0, 0.1) is 0 Å². The van der Waals surface area contributed by atoms with Gasteiger partial charge in [0.05, 0.1) is 5.57 Å². The zero-order chi connectivity index (χ0) is 9.14. The summed E-state index contributed by atoms with van der Waals surface area (Å²) in [7, 11) is 0. The molecule has 1 aliphatic rings. The largest absolute Gasteiger partial charge is 0.478 e. The second kappa shape index (κ2) is 3.13. The average molecular weight is 166 g/mol. The van der Waals surface area contributed by atoms with Crippen molar-refractivity contribution in [1.82, 2.24) is 0 Å². The first-order valence-corrected chi connectivity index (χ1v) is 3.18. The molecule has 0 heterocycles. The van der Waals surface area contributed by atoms with Crippen molar-refractivity contribution < 1.29 is 19.8 Å². The molecule has 0 aromatic rings. The molecule has 1 rings (SSSR count). The van der Waals surface area contributed by atoms with E-state index in [0.29, 0.717) is 0 Å². The van der Waals surface area contributed by atoms with Crippen LogP contribution < -0.4 is 0 Å². The van der Waals surface area contributed by atoms with Gasteiger partial charge in [-0.05, 0) is 6.08 Å². The van der Waals surface area contributed by atoms with Crippen LogP contribution in [0.4, 0.5) is 0 Å².